The minimum absolute atomic E-state index is 0.00114. The van der Waals surface area contributed by atoms with Gasteiger partial charge in [0.2, 0.25) is 0 Å². The van der Waals surface area contributed by atoms with E-state index in [4.69, 9.17) is 10.5 Å². The van der Waals surface area contributed by atoms with E-state index in [1.165, 1.54) is 7.11 Å². The number of amides is 1. The fraction of sp³-hybridized carbons (Fsp3) is 0.917. The van der Waals surface area contributed by atoms with Crippen molar-refractivity contribution in [1.29, 1.82) is 0 Å². The summed E-state index contributed by atoms with van der Waals surface area (Å²) in [7, 11) is 1.54. The maximum atomic E-state index is 12.0. The van der Waals surface area contributed by atoms with E-state index in [2.05, 4.69) is 26.1 Å². The van der Waals surface area contributed by atoms with Crippen LogP contribution in [-0.4, -0.2) is 31.2 Å². The number of nitrogens with two attached hydrogens (primary N) is 1. The van der Waals surface area contributed by atoms with Gasteiger partial charge in [-0.1, -0.05) is 20.8 Å². The quantitative estimate of drug-likeness (QED) is 0.748. The molecule has 0 heterocycles. The summed E-state index contributed by atoms with van der Waals surface area (Å²) in [5.41, 5.74) is 4.77. The van der Waals surface area contributed by atoms with Crippen LogP contribution < -0.4 is 11.1 Å². The van der Waals surface area contributed by atoms with E-state index in [1.807, 2.05) is 0 Å². The van der Waals surface area contributed by atoms with Crippen LogP contribution in [0.15, 0.2) is 0 Å². The second kappa shape index (κ2) is 5.64. The molecule has 0 saturated carbocycles. The molecule has 0 aliphatic heterocycles. The van der Waals surface area contributed by atoms with Crippen LogP contribution in [0.2, 0.25) is 0 Å². The van der Waals surface area contributed by atoms with Gasteiger partial charge in [-0.3, -0.25) is 4.79 Å². The lowest BCUT2D eigenvalue weighted by atomic mass is 9.84. The van der Waals surface area contributed by atoms with Crippen LogP contribution in [0.25, 0.3) is 0 Å². The second-order valence-corrected chi connectivity index (χ2v) is 5.68. The second-order valence-electron chi connectivity index (χ2n) is 5.68. The van der Waals surface area contributed by atoms with Crippen molar-refractivity contribution in [3.05, 3.63) is 0 Å². The molecule has 0 fully saturated rings. The molecule has 4 heteroatoms. The molecule has 96 valence electrons. The Kier molecular flexibility index (Phi) is 5.42. The lowest BCUT2D eigenvalue weighted by Crippen LogP contribution is -2.52. The molecule has 0 aromatic carbocycles. The summed E-state index contributed by atoms with van der Waals surface area (Å²) in [4.78, 5) is 12.0. The number of carbonyl (C=O) groups excluding carboxylic acids is 1. The van der Waals surface area contributed by atoms with Crippen LogP contribution in [0.1, 0.15) is 41.0 Å². The van der Waals surface area contributed by atoms with Crippen molar-refractivity contribution in [2.75, 3.05) is 13.7 Å². The van der Waals surface area contributed by atoms with Crippen molar-refractivity contribution in [3.63, 3.8) is 0 Å². The van der Waals surface area contributed by atoms with E-state index >= 15 is 0 Å². The molecular formula is C12H26N2O2. The monoisotopic (exact) mass is 230 g/mol. The zero-order valence-electron chi connectivity index (χ0n) is 11.4. The molecule has 16 heavy (non-hydrogen) atoms. The molecule has 1 amide bonds. The molecule has 0 aromatic heterocycles. The third-order valence-electron chi connectivity index (χ3n) is 2.86. The smallest absolute Gasteiger partial charge is 0.251 e. The fourth-order valence-corrected chi connectivity index (χ4v) is 1.31. The Morgan fingerprint density at radius 2 is 1.81 bits per heavy atom. The Morgan fingerprint density at radius 1 is 1.31 bits per heavy atom. The van der Waals surface area contributed by atoms with Crippen molar-refractivity contribution in [2.45, 2.75) is 52.7 Å². The number of hydrogen-bond donors (Lipinski definition) is 2. The average Bonchev–Trinajstić information content (AvgIpc) is 2.15. The minimum Gasteiger partial charge on any atom is -0.369 e. The molecule has 0 spiro atoms. The largest absolute Gasteiger partial charge is 0.369 e. The molecule has 4 nitrogen and oxygen atoms in total. The first kappa shape index (κ1) is 15.4. The van der Waals surface area contributed by atoms with Crippen molar-refractivity contribution in [2.24, 2.45) is 11.1 Å². The van der Waals surface area contributed by atoms with E-state index in [9.17, 15) is 4.79 Å². The standard InChI is InChI=1S/C12H26N2O2/c1-11(2,3)9(7-8-13)14-10(15)12(4,5)16-6/h9H,7-8,13H2,1-6H3,(H,14,15). The molecule has 0 radical (unpaired) electrons. The Labute approximate surface area is 98.9 Å². The van der Waals surface area contributed by atoms with Gasteiger partial charge in [-0.25, -0.2) is 0 Å². The highest BCUT2D eigenvalue weighted by Crippen LogP contribution is 2.22. The van der Waals surface area contributed by atoms with Gasteiger partial charge in [0, 0.05) is 13.2 Å². The van der Waals surface area contributed by atoms with E-state index in [1.54, 1.807) is 13.8 Å². The number of rotatable bonds is 5. The topological polar surface area (TPSA) is 64.3 Å². The van der Waals surface area contributed by atoms with Gasteiger partial charge in [0.1, 0.15) is 5.60 Å². The van der Waals surface area contributed by atoms with Gasteiger partial charge in [0.05, 0.1) is 0 Å². The summed E-state index contributed by atoms with van der Waals surface area (Å²) in [5.74, 6) is -0.0941. The van der Waals surface area contributed by atoms with Gasteiger partial charge in [-0.15, -0.1) is 0 Å². The Hall–Kier alpha value is -0.610. The molecule has 0 aromatic rings. The lowest BCUT2D eigenvalue weighted by Gasteiger charge is -2.34. The van der Waals surface area contributed by atoms with E-state index in [0.717, 1.165) is 6.42 Å². The van der Waals surface area contributed by atoms with E-state index in [-0.39, 0.29) is 17.4 Å². The van der Waals surface area contributed by atoms with E-state index in [0.29, 0.717) is 6.54 Å². The van der Waals surface area contributed by atoms with Crippen LogP contribution in [0.5, 0.6) is 0 Å². The van der Waals surface area contributed by atoms with Gasteiger partial charge in [0.15, 0.2) is 0 Å². The third kappa shape index (κ3) is 4.49. The SMILES string of the molecule is COC(C)(C)C(=O)NC(CCN)C(C)(C)C. The van der Waals surface area contributed by atoms with Crippen LogP contribution in [-0.2, 0) is 9.53 Å². The lowest BCUT2D eigenvalue weighted by molar-refractivity contribution is -0.141. The summed E-state index contributed by atoms with van der Waals surface area (Å²) < 4.78 is 5.15. The molecule has 1 unspecified atom stereocenters. The first-order chi connectivity index (χ1) is 7.15. The summed E-state index contributed by atoms with van der Waals surface area (Å²) in [6, 6.07) is 0.0689. The third-order valence-corrected chi connectivity index (χ3v) is 2.86. The summed E-state index contributed by atoms with van der Waals surface area (Å²) >= 11 is 0. The zero-order valence-corrected chi connectivity index (χ0v) is 11.4. The normalized spacial score (nSPS) is 14.7. The highest BCUT2D eigenvalue weighted by molar-refractivity contribution is 5.84. The van der Waals surface area contributed by atoms with Crippen molar-refractivity contribution < 1.29 is 9.53 Å². The first-order valence-electron chi connectivity index (χ1n) is 5.71. The Balaban J connectivity index is 4.59. The molecule has 0 aliphatic carbocycles. The minimum atomic E-state index is -0.794. The average molecular weight is 230 g/mol. The van der Waals surface area contributed by atoms with Crippen LogP contribution in [0, 0.1) is 5.41 Å². The summed E-state index contributed by atoms with van der Waals surface area (Å²) in [6.45, 7) is 10.3. The molecule has 0 bridgehead atoms. The molecule has 0 saturated heterocycles. The van der Waals surface area contributed by atoms with Gasteiger partial charge < -0.3 is 15.8 Å². The molecular weight excluding hydrogens is 204 g/mol. The summed E-state index contributed by atoms with van der Waals surface area (Å²) in [6.07, 6.45) is 0.773. The molecule has 1 atom stereocenters. The van der Waals surface area contributed by atoms with Crippen molar-refractivity contribution in [3.8, 4) is 0 Å². The fourth-order valence-electron chi connectivity index (χ4n) is 1.31. The first-order valence-corrected chi connectivity index (χ1v) is 5.71. The van der Waals surface area contributed by atoms with Gasteiger partial charge in [-0.05, 0) is 32.2 Å². The van der Waals surface area contributed by atoms with E-state index < -0.39 is 5.60 Å². The molecule has 0 rings (SSSR count). The number of carbonyl (C=O) groups is 1. The molecule has 0 aliphatic rings. The number of ether oxygens (including phenoxy) is 1. The number of methoxy groups -OCH3 is 1. The number of nitrogens with one attached hydrogen (secondary N) is 1. The van der Waals surface area contributed by atoms with Crippen LogP contribution in [0.4, 0.5) is 0 Å². The molecule has 3 N–H and O–H groups in total. The highest BCUT2D eigenvalue weighted by atomic mass is 16.5. The van der Waals surface area contributed by atoms with Gasteiger partial charge in [-0.2, -0.15) is 0 Å². The maximum absolute atomic E-state index is 12.0. The predicted octanol–water partition coefficient (Wildman–Crippen LogP) is 1.29. The van der Waals surface area contributed by atoms with Crippen molar-refractivity contribution in [1.82, 2.24) is 5.32 Å². The van der Waals surface area contributed by atoms with Crippen molar-refractivity contribution >= 4 is 5.91 Å². The van der Waals surface area contributed by atoms with Crippen LogP contribution in [0.3, 0.4) is 0 Å². The maximum Gasteiger partial charge on any atom is 0.251 e. The van der Waals surface area contributed by atoms with Gasteiger partial charge in [0.25, 0.3) is 5.91 Å². The zero-order chi connectivity index (χ0) is 13.0. The Bertz CT molecular complexity index is 232. The number of hydrogen-bond acceptors (Lipinski definition) is 3. The predicted molar refractivity (Wildman–Crippen MR) is 66.1 cm³/mol. The van der Waals surface area contributed by atoms with Crippen LogP contribution >= 0.6 is 0 Å². The Morgan fingerprint density at radius 3 is 2.12 bits per heavy atom. The van der Waals surface area contributed by atoms with Gasteiger partial charge >= 0.3 is 0 Å². The summed E-state index contributed by atoms with van der Waals surface area (Å²) in [5, 5.41) is 3.01. The highest BCUT2D eigenvalue weighted by Gasteiger charge is 2.32.